The van der Waals surface area contributed by atoms with Crippen LogP contribution in [-0.2, 0) is 4.79 Å². The van der Waals surface area contributed by atoms with Crippen molar-refractivity contribution in [3.63, 3.8) is 0 Å². The first-order valence-corrected chi connectivity index (χ1v) is 12.1. The number of fused-ring (bicyclic) bond motifs is 2. The van der Waals surface area contributed by atoms with Crippen LogP contribution >= 0.6 is 0 Å². The molecule has 1 amide bonds. The summed E-state index contributed by atoms with van der Waals surface area (Å²) in [5.41, 5.74) is 1.73. The maximum Gasteiger partial charge on any atom is 0.401 e. The summed E-state index contributed by atoms with van der Waals surface area (Å²) >= 11 is 0. The quantitative estimate of drug-likeness (QED) is 0.575. The first kappa shape index (κ1) is 22.6. The highest BCUT2D eigenvalue weighted by molar-refractivity contribution is 6.03. The standard InChI is InChI=1S/C25H32F3N3O2/c1-15-6-17(7-15)24(32)30-23-11-29-22-3-2-20(10-21(22)23)33-5-4-16-8-18-12-31(13-19(18)9-16)14-25(26,27)28/h2-3,10-11,15-19,29H,4-9,12-14H2,1H3,(H,30,32)/t15?,16?,17?,18-,19+. The van der Waals surface area contributed by atoms with Gasteiger partial charge in [-0.05, 0) is 74.0 Å². The third-order valence-electron chi connectivity index (χ3n) is 7.78. The highest BCUT2D eigenvalue weighted by Crippen LogP contribution is 2.43. The van der Waals surface area contributed by atoms with E-state index >= 15 is 0 Å². The molecule has 0 bridgehead atoms. The summed E-state index contributed by atoms with van der Waals surface area (Å²) in [7, 11) is 0. The molecule has 3 aliphatic rings. The number of ether oxygens (including phenoxy) is 1. The Bertz CT molecular complexity index is 984. The second-order valence-electron chi connectivity index (χ2n) is 10.5. The number of alkyl halides is 3. The summed E-state index contributed by atoms with van der Waals surface area (Å²) in [6, 6.07) is 5.85. The summed E-state index contributed by atoms with van der Waals surface area (Å²) in [6.07, 6.45) is 2.53. The van der Waals surface area contributed by atoms with Crippen molar-refractivity contribution >= 4 is 22.5 Å². The van der Waals surface area contributed by atoms with Gasteiger partial charge in [0.2, 0.25) is 5.91 Å². The van der Waals surface area contributed by atoms with Crippen molar-refractivity contribution in [2.24, 2.45) is 29.6 Å². The number of carbonyl (C=O) groups excluding carboxylic acids is 1. The zero-order valence-electron chi connectivity index (χ0n) is 19.0. The highest BCUT2D eigenvalue weighted by atomic mass is 19.4. The van der Waals surface area contributed by atoms with Gasteiger partial charge in [0.15, 0.2) is 0 Å². The van der Waals surface area contributed by atoms with E-state index in [0.717, 1.165) is 54.4 Å². The Kier molecular flexibility index (Phi) is 6.05. The second kappa shape index (κ2) is 8.85. The number of anilines is 1. The normalized spacial score (nSPS) is 29.8. The number of likely N-dealkylation sites (tertiary alicyclic amines) is 1. The van der Waals surface area contributed by atoms with Crippen molar-refractivity contribution in [1.82, 2.24) is 9.88 Å². The third kappa shape index (κ3) is 5.15. The summed E-state index contributed by atoms with van der Waals surface area (Å²) in [5.74, 6) is 2.88. The molecule has 1 saturated heterocycles. The average molecular weight is 464 g/mol. The van der Waals surface area contributed by atoms with Gasteiger partial charge in [-0.3, -0.25) is 9.69 Å². The summed E-state index contributed by atoms with van der Waals surface area (Å²) in [5, 5.41) is 3.99. The third-order valence-corrected chi connectivity index (χ3v) is 7.78. The predicted octanol–water partition coefficient (Wildman–Crippen LogP) is 5.44. The first-order valence-electron chi connectivity index (χ1n) is 12.1. The zero-order valence-corrected chi connectivity index (χ0v) is 19.0. The molecule has 2 aromatic rings. The van der Waals surface area contributed by atoms with Crippen molar-refractivity contribution in [1.29, 1.82) is 0 Å². The van der Waals surface area contributed by atoms with Gasteiger partial charge in [0.25, 0.3) is 0 Å². The first-order chi connectivity index (χ1) is 15.7. The van der Waals surface area contributed by atoms with Gasteiger partial charge >= 0.3 is 6.18 Å². The lowest BCUT2D eigenvalue weighted by atomic mass is 9.75. The number of amides is 1. The van der Waals surface area contributed by atoms with Gasteiger partial charge in [-0.1, -0.05) is 6.92 Å². The van der Waals surface area contributed by atoms with E-state index in [9.17, 15) is 18.0 Å². The number of halogens is 3. The number of aromatic amines is 1. The van der Waals surface area contributed by atoms with E-state index in [4.69, 9.17) is 4.74 Å². The van der Waals surface area contributed by atoms with Gasteiger partial charge in [0.1, 0.15) is 5.75 Å². The molecule has 0 radical (unpaired) electrons. The number of nitrogens with one attached hydrogen (secondary N) is 2. The number of hydrogen-bond donors (Lipinski definition) is 2. The molecule has 2 aliphatic carbocycles. The minimum Gasteiger partial charge on any atom is -0.494 e. The molecule has 1 aromatic heterocycles. The molecule has 0 spiro atoms. The lowest BCUT2D eigenvalue weighted by Crippen LogP contribution is -2.33. The molecule has 5 nitrogen and oxygen atoms in total. The molecule has 3 atom stereocenters. The van der Waals surface area contributed by atoms with Gasteiger partial charge in [-0.25, -0.2) is 0 Å². The molecular formula is C25H32F3N3O2. The molecule has 2 N–H and O–H groups in total. The van der Waals surface area contributed by atoms with Crippen LogP contribution in [0.5, 0.6) is 5.75 Å². The van der Waals surface area contributed by atoms with Crippen LogP contribution < -0.4 is 10.1 Å². The largest absolute Gasteiger partial charge is 0.494 e. The second-order valence-corrected chi connectivity index (χ2v) is 10.5. The van der Waals surface area contributed by atoms with E-state index in [1.165, 1.54) is 0 Å². The molecule has 33 heavy (non-hydrogen) atoms. The van der Waals surface area contributed by atoms with Crippen LogP contribution in [0.2, 0.25) is 0 Å². The van der Waals surface area contributed by atoms with Crippen LogP contribution in [-0.4, -0.2) is 48.2 Å². The Morgan fingerprint density at radius 2 is 1.91 bits per heavy atom. The molecule has 5 rings (SSSR count). The predicted molar refractivity (Wildman–Crippen MR) is 121 cm³/mol. The van der Waals surface area contributed by atoms with E-state index in [1.54, 1.807) is 4.90 Å². The fourth-order valence-electron chi connectivity index (χ4n) is 6.13. The molecule has 180 valence electrons. The van der Waals surface area contributed by atoms with Crippen LogP contribution in [0, 0.1) is 29.6 Å². The van der Waals surface area contributed by atoms with Gasteiger partial charge in [0.05, 0.1) is 18.8 Å². The minimum absolute atomic E-state index is 0.0842. The van der Waals surface area contributed by atoms with Gasteiger partial charge in [0, 0.05) is 36.1 Å². The lowest BCUT2D eigenvalue weighted by molar-refractivity contribution is -0.144. The fourth-order valence-corrected chi connectivity index (χ4v) is 6.13. The van der Waals surface area contributed by atoms with Crippen molar-refractivity contribution in [2.45, 2.75) is 45.2 Å². The van der Waals surface area contributed by atoms with E-state index in [2.05, 4.69) is 17.2 Å². The lowest BCUT2D eigenvalue weighted by Gasteiger charge is -2.31. The Labute approximate surface area is 192 Å². The van der Waals surface area contributed by atoms with E-state index < -0.39 is 12.7 Å². The maximum atomic E-state index is 12.6. The molecular weight excluding hydrogens is 431 g/mol. The Morgan fingerprint density at radius 3 is 2.58 bits per heavy atom. The van der Waals surface area contributed by atoms with E-state index in [-0.39, 0.29) is 11.8 Å². The number of rotatable bonds is 7. The van der Waals surface area contributed by atoms with E-state index in [1.807, 2.05) is 24.4 Å². The maximum absolute atomic E-state index is 12.6. The number of nitrogens with zero attached hydrogens (tertiary/aromatic N) is 1. The number of carbonyl (C=O) groups is 1. The van der Waals surface area contributed by atoms with Crippen molar-refractivity contribution in [3.8, 4) is 5.75 Å². The number of hydrogen-bond acceptors (Lipinski definition) is 3. The van der Waals surface area contributed by atoms with Crippen LogP contribution in [0.15, 0.2) is 24.4 Å². The monoisotopic (exact) mass is 463 g/mol. The number of aromatic nitrogens is 1. The van der Waals surface area contributed by atoms with E-state index in [0.29, 0.717) is 43.4 Å². The van der Waals surface area contributed by atoms with Crippen LogP contribution in [0.25, 0.3) is 10.9 Å². The summed E-state index contributed by atoms with van der Waals surface area (Å²) in [6.45, 7) is 3.12. The van der Waals surface area contributed by atoms with Crippen molar-refractivity contribution in [3.05, 3.63) is 24.4 Å². The highest BCUT2D eigenvalue weighted by Gasteiger charge is 2.43. The van der Waals surface area contributed by atoms with Crippen molar-refractivity contribution in [2.75, 3.05) is 31.6 Å². The zero-order chi connectivity index (χ0) is 23.2. The summed E-state index contributed by atoms with van der Waals surface area (Å²) in [4.78, 5) is 17.2. The minimum atomic E-state index is -4.11. The number of benzene rings is 1. The molecule has 2 heterocycles. The topological polar surface area (TPSA) is 57.4 Å². The van der Waals surface area contributed by atoms with Gasteiger partial charge < -0.3 is 15.0 Å². The van der Waals surface area contributed by atoms with Gasteiger partial charge in [-0.15, -0.1) is 0 Å². The average Bonchev–Trinajstić information content (AvgIpc) is 3.37. The van der Waals surface area contributed by atoms with Crippen LogP contribution in [0.3, 0.4) is 0 Å². The molecule has 8 heteroatoms. The SMILES string of the molecule is CC1CC(C(=O)Nc2c[nH]c3ccc(OCCC4C[C@@H]5CN(CC(F)(F)F)C[C@@H]5C4)cc23)C1. The van der Waals surface area contributed by atoms with Gasteiger partial charge in [-0.2, -0.15) is 13.2 Å². The molecule has 1 unspecified atom stereocenters. The Balaban J connectivity index is 1.10. The molecule has 2 saturated carbocycles. The molecule has 3 fully saturated rings. The van der Waals surface area contributed by atoms with Crippen molar-refractivity contribution < 1.29 is 22.7 Å². The smallest absolute Gasteiger partial charge is 0.401 e. The van der Waals surface area contributed by atoms with Crippen LogP contribution in [0.1, 0.15) is 39.0 Å². The Morgan fingerprint density at radius 1 is 1.18 bits per heavy atom. The van der Waals surface area contributed by atoms with Crippen LogP contribution in [0.4, 0.5) is 18.9 Å². The molecule has 1 aliphatic heterocycles. The fraction of sp³-hybridized carbons (Fsp3) is 0.640. The summed E-state index contributed by atoms with van der Waals surface area (Å²) < 4.78 is 43.9. The number of H-pyrrole nitrogens is 1. The Hall–Kier alpha value is -2.22. The molecule has 1 aromatic carbocycles.